The third kappa shape index (κ3) is 3.88. The van der Waals surface area contributed by atoms with Gasteiger partial charge < -0.3 is 5.32 Å². The summed E-state index contributed by atoms with van der Waals surface area (Å²) >= 11 is 2.10. The van der Waals surface area contributed by atoms with Gasteiger partial charge in [-0.25, -0.2) is 0 Å². The Hall–Kier alpha value is 0.270. The van der Waals surface area contributed by atoms with Crippen molar-refractivity contribution in [3.63, 3.8) is 0 Å². The fourth-order valence-electron chi connectivity index (χ4n) is 1.65. The summed E-state index contributed by atoms with van der Waals surface area (Å²) in [6.45, 7) is 7.06. The molecule has 0 aliphatic carbocycles. The van der Waals surface area contributed by atoms with E-state index >= 15 is 0 Å². The lowest BCUT2D eigenvalue weighted by atomic mass is 10.2. The third-order valence-corrected chi connectivity index (χ3v) is 3.82. The zero-order valence-electron chi connectivity index (χ0n) is 9.05. The van der Waals surface area contributed by atoms with Crippen LogP contribution in [-0.2, 0) is 0 Å². The molecule has 3 heteroatoms. The first kappa shape index (κ1) is 11.3. The summed E-state index contributed by atoms with van der Waals surface area (Å²) in [5.41, 5.74) is 0. The molecule has 1 N–H and O–H groups in total. The van der Waals surface area contributed by atoms with E-state index in [0.29, 0.717) is 6.04 Å². The lowest BCUT2D eigenvalue weighted by Gasteiger charge is -2.29. The molecule has 78 valence electrons. The minimum atomic E-state index is 0.616. The molecule has 0 aromatic rings. The third-order valence-electron chi connectivity index (χ3n) is 2.83. The summed E-state index contributed by atoms with van der Waals surface area (Å²) in [5, 5.41) is 3.30. The first-order valence-corrected chi connectivity index (χ1v) is 6.38. The molecule has 0 amide bonds. The Labute approximate surface area is 86.5 Å². The number of rotatable bonds is 3. The van der Waals surface area contributed by atoms with Crippen molar-refractivity contribution in [2.24, 2.45) is 0 Å². The van der Waals surface area contributed by atoms with Crippen LogP contribution in [0.1, 0.15) is 20.3 Å². The highest BCUT2D eigenvalue weighted by atomic mass is 32.2. The van der Waals surface area contributed by atoms with Crippen LogP contribution < -0.4 is 5.32 Å². The van der Waals surface area contributed by atoms with Crippen LogP contribution in [0.4, 0.5) is 0 Å². The highest BCUT2D eigenvalue weighted by molar-refractivity contribution is 7.99. The van der Waals surface area contributed by atoms with Gasteiger partial charge in [0, 0.05) is 30.9 Å². The van der Waals surface area contributed by atoms with Gasteiger partial charge in [0.1, 0.15) is 0 Å². The second-order valence-electron chi connectivity index (χ2n) is 3.93. The van der Waals surface area contributed by atoms with E-state index in [1.165, 1.54) is 31.0 Å². The van der Waals surface area contributed by atoms with Crippen LogP contribution in [-0.4, -0.2) is 48.6 Å². The van der Waals surface area contributed by atoms with Crippen molar-refractivity contribution < 1.29 is 0 Å². The predicted molar refractivity (Wildman–Crippen MR) is 61.5 cm³/mol. The highest BCUT2D eigenvalue weighted by Gasteiger charge is 2.17. The largest absolute Gasteiger partial charge is 0.316 e. The van der Waals surface area contributed by atoms with E-state index in [1.807, 2.05) is 7.05 Å². The molecular formula is C10H22N2S. The van der Waals surface area contributed by atoms with Crippen LogP contribution in [0, 0.1) is 0 Å². The van der Waals surface area contributed by atoms with E-state index in [2.05, 4.69) is 35.8 Å². The second-order valence-corrected chi connectivity index (χ2v) is 5.16. The Morgan fingerprint density at radius 2 is 2.31 bits per heavy atom. The zero-order chi connectivity index (χ0) is 9.68. The van der Waals surface area contributed by atoms with Gasteiger partial charge in [-0.2, -0.15) is 11.8 Å². The molecule has 0 bridgehead atoms. The molecule has 1 aliphatic heterocycles. The molecule has 1 rings (SSSR count). The van der Waals surface area contributed by atoms with Gasteiger partial charge >= 0.3 is 0 Å². The van der Waals surface area contributed by atoms with Crippen LogP contribution in [0.3, 0.4) is 0 Å². The van der Waals surface area contributed by atoms with Gasteiger partial charge in [0.15, 0.2) is 0 Å². The van der Waals surface area contributed by atoms with Crippen LogP contribution in [0.5, 0.6) is 0 Å². The molecule has 1 aliphatic rings. The molecule has 1 saturated heterocycles. The Morgan fingerprint density at radius 3 is 3.00 bits per heavy atom. The van der Waals surface area contributed by atoms with E-state index in [-0.39, 0.29) is 0 Å². The van der Waals surface area contributed by atoms with Crippen molar-refractivity contribution in [3.8, 4) is 0 Å². The number of hydrogen-bond donors (Lipinski definition) is 1. The summed E-state index contributed by atoms with van der Waals surface area (Å²) in [7, 11) is 2.04. The fraction of sp³-hybridized carbons (Fsp3) is 1.00. The van der Waals surface area contributed by atoms with Crippen LogP contribution in [0.15, 0.2) is 0 Å². The van der Waals surface area contributed by atoms with E-state index < -0.39 is 0 Å². The highest BCUT2D eigenvalue weighted by Crippen LogP contribution is 2.15. The maximum Gasteiger partial charge on any atom is 0.0163 e. The fourth-order valence-corrected chi connectivity index (χ4v) is 2.73. The Bertz CT molecular complexity index is 141. The molecule has 0 spiro atoms. The topological polar surface area (TPSA) is 15.3 Å². The van der Waals surface area contributed by atoms with Crippen LogP contribution >= 0.6 is 11.8 Å². The normalized spacial score (nSPS) is 28.4. The number of thioether (sulfide) groups is 1. The van der Waals surface area contributed by atoms with E-state index in [9.17, 15) is 0 Å². The van der Waals surface area contributed by atoms with Gasteiger partial charge in [0.05, 0.1) is 0 Å². The molecule has 2 nitrogen and oxygen atoms in total. The van der Waals surface area contributed by atoms with Gasteiger partial charge in [-0.15, -0.1) is 0 Å². The quantitative estimate of drug-likeness (QED) is 0.745. The number of nitrogens with one attached hydrogen (secondary N) is 1. The lowest BCUT2D eigenvalue weighted by molar-refractivity contribution is 0.204. The Morgan fingerprint density at radius 1 is 1.54 bits per heavy atom. The number of likely N-dealkylation sites (N-methyl/N-ethyl adjacent to an activating group) is 1. The van der Waals surface area contributed by atoms with Gasteiger partial charge in [0.25, 0.3) is 0 Å². The summed E-state index contributed by atoms with van der Waals surface area (Å²) in [4.78, 5) is 2.61. The predicted octanol–water partition coefficient (Wildman–Crippen LogP) is 1.42. The molecule has 0 aromatic heterocycles. The van der Waals surface area contributed by atoms with Gasteiger partial charge in [-0.05, 0) is 33.1 Å². The van der Waals surface area contributed by atoms with Crippen molar-refractivity contribution in [2.45, 2.75) is 32.4 Å². The van der Waals surface area contributed by atoms with Crippen LogP contribution in [0.2, 0.25) is 0 Å². The van der Waals surface area contributed by atoms with Crippen LogP contribution in [0.25, 0.3) is 0 Å². The smallest absolute Gasteiger partial charge is 0.0163 e. The molecular weight excluding hydrogens is 180 g/mol. The average molecular weight is 202 g/mol. The monoisotopic (exact) mass is 202 g/mol. The second kappa shape index (κ2) is 5.89. The van der Waals surface area contributed by atoms with E-state index in [1.54, 1.807) is 0 Å². The maximum atomic E-state index is 3.30. The van der Waals surface area contributed by atoms with E-state index in [0.717, 1.165) is 6.04 Å². The minimum Gasteiger partial charge on any atom is -0.316 e. The van der Waals surface area contributed by atoms with Gasteiger partial charge in [-0.3, -0.25) is 4.90 Å². The maximum absolute atomic E-state index is 3.30. The standard InChI is InChI=1S/C10H22N2S/c1-9(11-3)8-12-5-7-13-6-4-10(12)2/h9-11H,4-8H2,1-3H3/t9-,10?/m0/s1. The molecule has 2 atom stereocenters. The molecule has 0 radical (unpaired) electrons. The lowest BCUT2D eigenvalue weighted by Crippen LogP contribution is -2.42. The molecule has 13 heavy (non-hydrogen) atoms. The van der Waals surface area contributed by atoms with Crippen molar-refractivity contribution >= 4 is 11.8 Å². The molecule has 0 aromatic carbocycles. The van der Waals surface area contributed by atoms with Gasteiger partial charge in [0.2, 0.25) is 0 Å². The minimum absolute atomic E-state index is 0.616. The molecule has 1 fully saturated rings. The summed E-state index contributed by atoms with van der Waals surface area (Å²) < 4.78 is 0. The first-order valence-electron chi connectivity index (χ1n) is 5.23. The van der Waals surface area contributed by atoms with E-state index in [4.69, 9.17) is 0 Å². The van der Waals surface area contributed by atoms with Crippen molar-refractivity contribution in [1.82, 2.24) is 10.2 Å². The Kier molecular flexibility index (Phi) is 5.14. The number of hydrogen-bond acceptors (Lipinski definition) is 3. The van der Waals surface area contributed by atoms with Gasteiger partial charge in [-0.1, -0.05) is 0 Å². The van der Waals surface area contributed by atoms with Crippen molar-refractivity contribution in [2.75, 3.05) is 31.6 Å². The molecule has 1 unspecified atom stereocenters. The first-order chi connectivity index (χ1) is 6.24. The summed E-state index contributed by atoms with van der Waals surface area (Å²) in [6.07, 6.45) is 1.35. The Balaban J connectivity index is 2.35. The zero-order valence-corrected chi connectivity index (χ0v) is 9.86. The number of nitrogens with zero attached hydrogens (tertiary/aromatic N) is 1. The molecule has 0 saturated carbocycles. The molecule has 1 heterocycles. The summed E-state index contributed by atoms with van der Waals surface area (Å²) in [5.74, 6) is 2.65. The SMILES string of the molecule is CN[C@@H](C)CN1CCSCCC1C. The summed E-state index contributed by atoms with van der Waals surface area (Å²) in [6, 6.07) is 1.39. The van der Waals surface area contributed by atoms with Crippen molar-refractivity contribution in [1.29, 1.82) is 0 Å². The average Bonchev–Trinajstić information content (AvgIpc) is 2.32. The van der Waals surface area contributed by atoms with Crippen molar-refractivity contribution in [3.05, 3.63) is 0 Å².